The molecule has 0 aliphatic rings. The van der Waals surface area contributed by atoms with Crippen LogP contribution in [0.1, 0.15) is 12.5 Å². The average Bonchev–Trinajstić information content (AvgIpc) is 2.37. The second-order valence-corrected chi connectivity index (χ2v) is 5.90. The lowest BCUT2D eigenvalue weighted by Crippen LogP contribution is -2.18. The van der Waals surface area contributed by atoms with Gasteiger partial charge in [-0.3, -0.25) is 0 Å². The molecule has 5 heteroatoms. The minimum atomic E-state index is -0.334. The minimum absolute atomic E-state index is 0.0125. The van der Waals surface area contributed by atoms with Gasteiger partial charge >= 0.3 is 0 Å². The Labute approximate surface area is 130 Å². The summed E-state index contributed by atoms with van der Waals surface area (Å²) in [6.45, 7) is 1.92. The van der Waals surface area contributed by atoms with Gasteiger partial charge in [-0.1, -0.05) is 17.7 Å². The standard InChI is InChI=1S/C15H14BrClFNO/c1-9(19)6-10-2-3-11(17)7-15(10)20-12-4-5-14(18)13(16)8-12/h2-5,7-9H,6,19H2,1H3. The molecular formula is C15H14BrClFNO. The van der Waals surface area contributed by atoms with Gasteiger partial charge < -0.3 is 10.5 Å². The molecule has 0 aliphatic carbocycles. The van der Waals surface area contributed by atoms with Crippen LogP contribution in [0.5, 0.6) is 11.5 Å². The molecule has 0 saturated carbocycles. The van der Waals surface area contributed by atoms with Crippen LogP contribution in [0.3, 0.4) is 0 Å². The molecular weight excluding hydrogens is 345 g/mol. The van der Waals surface area contributed by atoms with Gasteiger partial charge in [0.25, 0.3) is 0 Å². The predicted molar refractivity (Wildman–Crippen MR) is 83.0 cm³/mol. The van der Waals surface area contributed by atoms with Crippen LogP contribution in [0.15, 0.2) is 40.9 Å². The van der Waals surface area contributed by atoms with Gasteiger partial charge in [0.1, 0.15) is 17.3 Å². The smallest absolute Gasteiger partial charge is 0.137 e. The van der Waals surface area contributed by atoms with Crippen LogP contribution in [0.2, 0.25) is 5.02 Å². The Bertz CT molecular complexity index is 619. The molecule has 0 spiro atoms. The molecule has 2 aromatic carbocycles. The largest absolute Gasteiger partial charge is 0.457 e. The maximum Gasteiger partial charge on any atom is 0.137 e. The number of hydrogen-bond donors (Lipinski definition) is 1. The van der Waals surface area contributed by atoms with Crippen LogP contribution in [0, 0.1) is 5.82 Å². The van der Waals surface area contributed by atoms with Gasteiger partial charge in [0, 0.05) is 11.1 Å². The average molecular weight is 359 g/mol. The highest BCUT2D eigenvalue weighted by Crippen LogP contribution is 2.31. The fraction of sp³-hybridized carbons (Fsp3) is 0.200. The molecule has 0 fully saturated rings. The van der Waals surface area contributed by atoms with E-state index in [4.69, 9.17) is 22.1 Å². The summed E-state index contributed by atoms with van der Waals surface area (Å²) in [6.07, 6.45) is 0.675. The molecule has 2 aromatic rings. The lowest BCUT2D eigenvalue weighted by molar-refractivity contribution is 0.471. The summed E-state index contributed by atoms with van der Waals surface area (Å²) >= 11 is 9.13. The molecule has 0 bridgehead atoms. The first-order chi connectivity index (χ1) is 9.45. The van der Waals surface area contributed by atoms with E-state index < -0.39 is 0 Å². The summed E-state index contributed by atoms with van der Waals surface area (Å²) < 4.78 is 19.4. The van der Waals surface area contributed by atoms with E-state index in [1.165, 1.54) is 6.07 Å². The number of halogens is 3. The number of benzene rings is 2. The van der Waals surface area contributed by atoms with Crippen molar-refractivity contribution >= 4 is 27.5 Å². The maximum absolute atomic E-state index is 13.2. The van der Waals surface area contributed by atoms with Gasteiger partial charge in [-0.2, -0.15) is 0 Å². The first-order valence-corrected chi connectivity index (χ1v) is 7.29. The summed E-state index contributed by atoms with van der Waals surface area (Å²) in [5.41, 5.74) is 6.79. The lowest BCUT2D eigenvalue weighted by atomic mass is 10.1. The Balaban J connectivity index is 2.31. The quantitative estimate of drug-likeness (QED) is 0.841. The monoisotopic (exact) mass is 357 g/mol. The van der Waals surface area contributed by atoms with Crippen LogP contribution in [-0.4, -0.2) is 6.04 Å². The molecule has 0 heterocycles. The molecule has 0 aromatic heterocycles. The Hall–Kier alpha value is -1.10. The first-order valence-electron chi connectivity index (χ1n) is 6.12. The van der Waals surface area contributed by atoms with Crippen molar-refractivity contribution in [2.75, 3.05) is 0 Å². The number of nitrogens with two attached hydrogens (primary N) is 1. The first kappa shape index (κ1) is 15.3. The molecule has 0 amide bonds. The third-order valence-corrected chi connectivity index (χ3v) is 3.53. The zero-order valence-corrected chi connectivity index (χ0v) is 13.2. The second kappa shape index (κ2) is 6.57. The van der Waals surface area contributed by atoms with E-state index in [2.05, 4.69) is 15.9 Å². The zero-order valence-electron chi connectivity index (χ0n) is 10.9. The van der Waals surface area contributed by atoms with Crippen molar-refractivity contribution in [1.29, 1.82) is 0 Å². The molecule has 106 valence electrons. The summed E-state index contributed by atoms with van der Waals surface area (Å²) in [4.78, 5) is 0. The van der Waals surface area contributed by atoms with E-state index in [1.54, 1.807) is 24.3 Å². The van der Waals surface area contributed by atoms with Gasteiger partial charge in [0.15, 0.2) is 0 Å². The van der Waals surface area contributed by atoms with Crippen molar-refractivity contribution in [3.63, 3.8) is 0 Å². The third-order valence-electron chi connectivity index (χ3n) is 2.69. The van der Waals surface area contributed by atoms with Crippen molar-refractivity contribution in [3.05, 3.63) is 57.3 Å². The molecule has 2 rings (SSSR count). The topological polar surface area (TPSA) is 35.2 Å². The van der Waals surface area contributed by atoms with Crippen molar-refractivity contribution in [1.82, 2.24) is 0 Å². The molecule has 0 saturated heterocycles. The fourth-order valence-electron chi connectivity index (χ4n) is 1.81. The number of rotatable bonds is 4. The second-order valence-electron chi connectivity index (χ2n) is 4.61. The zero-order chi connectivity index (χ0) is 14.7. The maximum atomic E-state index is 13.2. The van der Waals surface area contributed by atoms with Gasteiger partial charge in [-0.05, 0) is 65.2 Å². The molecule has 0 radical (unpaired) electrons. The van der Waals surface area contributed by atoms with Crippen LogP contribution >= 0.6 is 27.5 Å². The molecule has 20 heavy (non-hydrogen) atoms. The van der Waals surface area contributed by atoms with Gasteiger partial charge in [0.05, 0.1) is 4.47 Å². The van der Waals surface area contributed by atoms with Crippen LogP contribution in [0.4, 0.5) is 4.39 Å². The summed E-state index contributed by atoms with van der Waals surface area (Å²) in [6, 6.07) is 9.92. The SMILES string of the molecule is CC(N)Cc1ccc(Cl)cc1Oc1ccc(F)c(Br)c1. The van der Waals surface area contributed by atoms with Crippen LogP contribution in [0.25, 0.3) is 0 Å². The van der Waals surface area contributed by atoms with Gasteiger partial charge in [0.2, 0.25) is 0 Å². The van der Waals surface area contributed by atoms with Crippen LogP contribution < -0.4 is 10.5 Å². The van der Waals surface area contributed by atoms with Crippen LogP contribution in [-0.2, 0) is 6.42 Å². The summed E-state index contributed by atoms with van der Waals surface area (Å²) in [5.74, 6) is 0.832. The third kappa shape index (κ3) is 3.95. The van der Waals surface area contributed by atoms with E-state index in [-0.39, 0.29) is 11.9 Å². The number of ether oxygens (including phenoxy) is 1. The lowest BCUT2D eigenvalue weighted by Gasteiger charge is -2.13. The molecule has 0 aliphatic heterocycles. The highest BCUT2D eigenvalue weighted by molar-refractivity contribution is 9.10. The Morgan fingerprint density at radius 1 is 1.30 bits per heavy atom. The van der Waals surface area contributed by atoms with Crippen molar-refractivity contribution in [2.45, 2.75) is 19.4 Å². The van der Waals surface area contributed by atoms with Crippen molar-refractivity contribution in [2.24, 2.45) is 5.73 Å². The number of hydrogen-bond acceptors (Lipinski definition) is 2. The van der Waals surface area contributed by atoms with E-state index in [1.807, 2.05) is 13.0 Å². The Morgan fingerprint density at radius 2 is 2.05 bits per heavy atom. The summed E-state index contributed by atoms with van der Waals surface area (Å²) in [5, 5.41) is 0.578. The van der Waals surface area contributed by atoms with E-state index >= 15 is 0 Å². The van der Waals surface area contributed by atoms with E-state index in [0.717, 1.165) is 5.56 Å². The molecule has 2 N–H and O–H groups in total. The normalized spacial score (nSPS) is 12.2. The summed E-state index contributed by atoms with van der Waals surface area (Å²) in [7, 11) is 0. The predicted octanol–water partition coefficient (Wildman–Crippen LogP) is 4.92. The Kier molecular flexibility index (Phi) is 5.02. The fourth-order valence-corrected chi connectivity index (χ4v) is 2.33. The Morgan fingerprint density at radius 3 is 2.70 bits per heavy atom. The molecule has 2 nitrogen and oxygen atoms in total. The molecule has 1 unspecified atom stereocenters. The van der Waals surface area contributed by atoms with E-state index in [9.17, 15) is 4.39 Å². The highest BCUT2D eigenvalue weighted by Gasteiger charge is 2.09. The van der Waals surface area contributed by atoms with E-state index in [0.29, 0.717) is 27.4 Å². The van der Waals surface area contributed by atoms with Crippen molar-refractivity contribution < 1.29 is 9.13 Å². The van der Waals surface area contributed by atoms with Gasteiger partial charge in [-0.25, -0.2) is 4.39 Å². The van der Waals surface area contributed by atoms with Gasteiger partial charge in [-0.15, -0.1) is 0 Å². The molecule has 1 atom stereocenters. The minimum Gasteiger partial charge on any atom is -0.457 e. The highest BCUT2D eigenvalue weighted by atomic mass is 79.9. The van der Waals surface area contributed by atoms with Crippen molar-refractivity contribution in [3.8, 4) is 11.5 Å².